The first-order valence-electron chi connectivity index (χ1n) is 6.09. The van der Waals surface area contributed by atoms with Crippen molar-refractivity contribution in [2.24, 2.45) is 4.76 Å². The molecule has 7 nitrogen and oxygen atoms in total. The van der Waals surface area contributed by atoms with Crippen LogP contribution in [0.1, 0.15) is 0 Å². The molecule has 2 aromatic carbocycles. The molecule has 1 unspecified atom stereocenters. The Morgan fingerprint density at radius 3 is 2.45 bits per heavy atom. The molecule has 22 heavy (non-hydrogen) atoms. The van der Waals surface area contributed by atoms with E-state index in [1.165, 1.54) is 30.6 Å². The van der Waals surface area contributed by atoms with Crippen LogP contribution in [0.4, 0.5) is 11.4 Å². The summed E-state index contributed by atoms with van der Waals surface area (Å²) < 4.78 is 8.99. The molecule has 0 amide bonds. The Hall–Kier alpha value is -2.28. The van der Waals surface area contributed by atoms with Gasteiger partial charge in [0.1, 0.15) is 5.75 Å². The van der Waals surface area contributed by atoms with Gasteiger partial charge in [0.15, 0.2) is 0 Å². The minimum absolute atomic E-state index is 0.0761. The number of rotatable bonds is 6. The number of para-hydroxylation sites is 1. The highest BCUT2D eigenvalue weighted by Gasteiger charge is 2.14. The monoisotopic (exact) mass is 337 g/mol. The highest BCUT2D eigenvalue weighted by Crippen LogP contribution is 2.44. The Bertz CT molecular complexity index is 722. The quantitative estimate of drug-likeness (QED) is 0.276. The van der Waals surface area contributed by atoms with Crippen molar-refractivity contribution in [3.05, 3.63) is 64.7 Å². The summed E-state index contributed by atoms with van der Waals surface area (Å²) in [5, 5.41) is 13.4. The van der Waals surface area contributed by atoms with Gasteiger partial charge < -0.3 is 14.7 Å². The first-order valence-corrected chi connectivity index (χ1v) is 8.71. The van der Waals surface area contributed by atoms with Gasteiger partial charge in [-0.1, -0.05) is 18.2 Å². The van der Waals surface area contributed by atoms with E-state index in [9.17, 15) is 15.0 Å². The van der Waals surface area contributed by atoms with Crippen molar-refractivity contribution < 1.29 is 14.3 Å². The van der Waals surface area contributed by atoms with Crippen molar-refractivity contribution >= 4 is 36.2 Å². The average molecular weight is 337 g/mol. The number of benzene rings is 2. The van der Waals surface area contributed by atoms with Crippen molar-refractivity contribution in [1.82, 2.24) is 0 Å². The van der Waals surface area contributed by atoms with Crippen LogP contribution in [0.15, 0.2) is 59.4 Å². The van der Waals surface area contributed by atoms with Crippen LogP contribution in [0.2, 0.25) is 0 Å². The van der Waals surface area contributed by atoms with Gasteiger partial charge in [0.2, 0.25) is 0 Å². The maximum absolute atomic E-state index is 10.5. The minimum Gasteiger partial charge on any atom is -0.428 e. The highest BCUT2D eigenvalue weighted by atomic mass is 32.5. The van der Waals surface area contributed by atoms with E-state index in [4.69, 9.17) is 16.3 Å². The highest BCUT2D eigenvalue weighted by molar-refractivity contribution is 8.09. The summed E-state index contributed by atoms with van der Waals surface area (Å²) in [7, 11) is 0. The topological polar surface area (TPSA) is 97.0 Å². The number of nitro benzene ring substituents is 1. The predicted octanol–water partition coefficient (Wildman–Crippen LogP) is 3.33. The molecule has 2 N–H and O–H groups in total. The summed E-state index contributed by atoms with van der Waals surface area (Å²) in [5.41, 5.74) is 0.712. The molecule has 0 spiro atoms. The minimum atomic E-state index is -3.42. The molecule has 1 atom stereocenters. The predicted molar refractivity (Wildman–Crippen MR) is 88.8 cm³/mol. The number of hydrogen-bond acceptors (Lipinski definition) is 4. The number of nitrogens with one attached hydrogen (secondary N) is 1. The fraction of sp³-hybridized carbons (Fsp3) is 0. The molecule has 0 aliphatic rings. The molecule has 0 radical (unpaired) electrons. The van der Waals surface area contributed by atoms with Gasteiger partial charge >= 0.3 is 6.64 Å². The normalized spacial score (nSPS) is 13.5. The summed E-state index contributed by atoms with van der Waals surface area (Å²) in [6.45, 7) is -3.42. The first kappa shape index (κ1) is 16.1. The Labute approximate surface area is 131 Å². The van der Waals surface area contributed by atoms with Crippen LogP contribution in [0, 0.1) is 10.1 Å². The molecule has 2 aromatic rings. The lowest BCUT2D eigenvalue weighted by atomic mass is 10.3. The molecule has 0 heterocycles. The van der Waals surface area contributed by atoms with Crippen LogP contribution in [0.25, 0.3) is 0 Å². The number of non-ortho nitro benzene ring substituents is 1. The Kier molecular flexibility index (Phi) is 5.21. The molecule has 114 valence electrons. The zero-order valence-corrected chi connectivity index (χ0v) is 12.9. The van der Waals surface area contributed by atoms with Crippen molar-refractivity contribution in [2.45, 2.75) is 0 Å². The van der Waals surface area contributed by atoms with Crippen molar-refractivity contribution in [2.75, 3.05) is 5.32 Å². The van der Waals surface area contributed by atoms with Crippen molar-refractivity contribution in [3.63, 3.8) is 0 Å². The second-order valence-corrected chi connectivity index (χ2v) is 6.91. The second-order valence-electron chi connectivity index (χ2n) is 4.09. The summed E-state index contributed by atoms with van der Waals surface area (Å²) in [5.74, 6) is 0.216. The van der Waals surface area contributed by atoms with E-state index >= 15 is 0 Å². The fourth-order valence-electron chi connectivity index (χ4n) is 1.50. The third-order valence-electron chi connectivity index (χ3n) is 2.48. The van der Waals surface area contributed by atoms with Gasteiger partial charge in [0.25, 0.3) is 5.69 Å². The van der Waals surface area contributed by atoms with Crippen LogP contribution in [-0.4, -0.2) is 16.2 Å². The fourth-order valence-corrected chi connectivity index (χ4v) is 2.55. The Morgan fingerprint density at radius 1 is 1.23 bits per heavy atom. The van der Waals surface area contributed by atoms with E-state index in [2.05, 4.69) is 10.1 Å². The van der Waals surface area contributed by atoms with Crippen molar-refractivity contribution in [1.29, 1.82) is 0 Å². The zero-order chi connectivity index (χ0) is 16.0. The summed E-state index contributed by atoms with van der Waals surface area (Å²) in [6.07, 6.45) is 1.27. The van der Waals surface area contributed by atoms with Crippen molar-refractivity contribution in [3.8, 4) is 5.75 Å². The molecular formula is C13H12N3O4PS. The summed E-state index contributed by atoms with van der Waals surface area (Å²) in [6, 6.07) is 14.4. The van der Waals surface area contributed by atoms with Gasteiger partial charge in [-0.2, -0.15) is 4.76 Å². The smallest absolute Gasteiger partial charge is 0.359 e. The number of anilines is 1. The second kappa shape index (κ2) is 7.13. The molecule has 0 bridgehead atoms. The first-order chi connectivity index (χ1) is 10.5. The van der Waals surface area contributed by atoms with Crippen LogP contribution in [-0.2, 0) is 11.8 Å². The van der Waals surface area contributed by atoms with E-state index < -0.39 is 11.6 Å². The van der Waals surface area contributed by atoms with Gasteiger partial charge in [-0.05, 0) is 24.3 Å². The van der Waals surface area contributed by atoms with Gasteiger partial charge in [-0.3, -0.25) is 10.1 Å². The largest absolute Gasteiger partial charge is 0.428 e. The van der Waals surface area contributed by atoms with Crippen LogP contribution in [0.3, 0.4) is 0 Å². The van der Waals surface area contributed by atoms with E-state index in [0.717, 1.165) is 5.69 Å². The van der Waals surface area contributed by atoms with Gasteiger partial charge in [0.05, 0.1) is 11.3 Å². The SMILES string of the molecule is O=[N+]([O-])c1ccc(OP(O)(=S)/N=C/Nc2ccccc2)cc1. The lowest BCUT2D eigenvalue weighted by Gasteiger charge is -2.11. The van der Waals surface area contributed by atoms with Crippen LogP contribution < -0.4 is 9.84 Å². The Morgan fingerprint density at radius 2 is 1.86 bits per heavy atom. The van der Waals surface area contributed by atoms with Crippen LogP contribution >= 0.6 is 6.64 Å². The standard InChI is InChI=1S/C13H12N3O4PS/c17-16(18)12-6-8-13(9-7-12)20-21(19,22)15-10-14-11-4-2-1-3-5-11/h1-10H,(H2,14,15,19,22). The molecule has 0 aliphatic heterocycles. The zero-order valence-electron chi connectivity index (χ0n) is 11.2. The number of nitrogens with zero attached hydrogens (tertiary/aromatic N) is 2. The molecule has 0 saturated carbocycles. The maximum atomic E-state index is 10.5. The lowest BCUT2D eigenvalue weighted by Crippen LogP contribution is -1.96. The van der Waals surface area contributed by atoms with E-state index in [1.54, 1.807) is 0 Å². The average Bonchev–Trinajstić information content (AvgIpc) is 2.48. The third-order valence-corrected chi connectivity index (χ3v) is 3.84. The van der Waals surface area contributed by atoms with Crippen LogP contribution in [0.5, 0.6) is 5.75 Å². The maximum Gasteiger partial charge on any atom is 0.359 e. The summed E-state index contributed by atoms with van der Waals surface area (Å²) >= 11 is 4.90. The molecule has 0 saturated heterocycles. The molecule has 0 aliphatic carbocycles. The molecule has 0 fully saturated rings. The number of hydrogen-bond donors (Lipinski definition) is 2. The summed E-state index contributed by atoms with van der Waals surface area (Å²) in [4.78, 5) is 20.0. The third kappa shape index (κ3) is 4.92. The molecule has 2 rings (SSSR count). The Balaban J connectivity index is 1.98. The molecular weight excluding hydrogens is 325 g/mol. The van der Waals surface area contributed by atoms with Gasteiger partial charge in [-0.15, -0.1) is 0 Å². The van der Waals surface area contributed by atoms with E-state index in [0.29, 0.717) is 0 Å². The molecule has 0 aromatic heterocycles. The van der Waals surface area contributed by atoms with Gasteiger partial charge in [-0.25, -0.2) is 0 Å². The van der Waals surface area contributed by atoms with E-state index in [1.807, 2.05) is 30.3 Å². The molecule has 9 heteroatoms. The van der Waals surface area contributed by atoms with E-state index in [-0.39, 0.29) is 11.4 Å². The number of nitro groups is 1. The van der Waals surface area contributed by atoms with Gasteiger partial charge in [0, 0.05) is 29.6 Å². The lowest BCUT2D eigenvalue weighted by molar-refractivity contribution is -0.384.